The zero-order chi connectivity index (χ0) is 10.1. The van der Waals surface area contributed by atoms with E-state index in [4.69, 9.17) is 0 Å². The number of hydrogen-bond acceptors (Lipinski definition) is 2. The van der Waals surface area contributed by atoms with Crippen molar-refractivity contribution in [3.05, 3.63) is 28.9 Å². The smallest absolute Gasteiger partial charge is 0.231 e. The molecule has 1 amide bonds. The fourth-order valence-electron chi connectivity index (χ4n) is 1.59. The minimum Gasteiger partial charge on any atom is -0.310 e. The molecule has 0 aromatic carbocycles. The zero-order valence-electron chi connectivity index (χ0n) is 7.83. The molecule has 1 aromatic heterocycles. The first-order valence-electron chi connectivity index (χ1n) is 4.46. The number of halogens is 1. The second kappa shape index (κ2) is 3.69. The zero-order valence-corrected chi connectivity index (χ0v) is 9.41. The average molecular weight is 254 g/mol. The Hall–Kier alpha value is -0.900. The molecule has 1 saturated heterocycles. The van der Waals surface area contributed by atoms with Gasteiger partial charge < -0.3 is 4.90 Å². The summed E-state index contributed by atoms with van der Waals surface area (Å²) in [5.41, 5.74) is 1.79. The van der Waals surface area contributed by atoms with Gasteiger partial charge in [-0.2, -0.15) is 0 Å². The van der Waals surface area contributed by atoms with Crippen LogP contribution >= 0.6 is 15.9 Å². The number of hydrogen-bond donors (Lipinski definition) is 0. The van der Waals surface area contributed by atoms with Crippen LogP contribution in [-0.2, 0) is 4.79 Å². The van der Waals surface area contributed by atoms with Gasteiger partial charge in [-0.05, 0) is 41.4 Å². The number of aryl methyl sites for hydroxylation is 1. The molecule has 73 valence electrons. The molecule has 1 fully saturated rings. The Morgan fingerprint density at radius 2 is 2.29 bits per heavy atom. The minimum atomic E-state index is 0.0808. The molecule has 0 bridgehead atoms. The van der Waals surface area contributed by atoms with Gasteiger partial charge in [0.25, 0.3) is 0 Å². The van der Waals surface area contributed by atoms with Crippen molar-refractivity contribution >= 4 is 27.5 Å². The van der Waals surface area contributed by atoms with Crippen molar-refractivity contribution in [3.63, 3.8) is 0 Å². The number of aromatic nitrogens is 1. The maximum absolute atomic E-state index is 11.4. The van der Waals surface area contributed by atoms with Gasteiger partial charge in [0.15, 0.2) is 0 Å². The SMILES string of the molecule is Cc1nc(Br)ccc1N1CC[CH]C1=O. The summed E-state index contributed by atoms with van der Waals surface area (Å²) in [4.78, 5) is 17.5. The average Bonchev–Trinajstić information content (AvgIpc) is 2.52. The predicted molar refractivity (Wildman–Crippen MR) is 57.9 cm³/mol. The highest BCUT2D eigenvalue weighted by Crippen LogP contribution is 2.24. The van der Waals surface area contributed by atoms with Gasteiger partial charge in [0.2, 0.25) is 5.91 Å². The number of pyridine rings is 1. The van der Waals surface area contributed by atoms with E-state index < -0.39 is 0 Å². The van der Waals surface area contributed by atoms with Gasteiger partial charge in [-0.25, -0.2) is 4.98 Å². The highest BCUT2D eigenvalue weighted by atomic mass is 79.9. The molecule has 1 aromatic rings. The van der Waals surface area contributed by atoms with Crippen molar-refractivity contribution in [1.82, 2.24) is 4.98 Å². The van der Waals surface area contributed by atoms with Crippen molar-refractivity contribution in [2.75, 3.05) is 11.4 Å². The summed E-state index contributed by atoms with van der Waals surface area (Å²) in [7, 11) is 0. The molecule has 0 spiro atoms. The molecule has 0 saturated carbocycles. The Kier molecular flexibility index (Phi) is 2.54. The molecule has 1 aliphatic heterocycles. The quantitative estimate of drug-likeness (QED) is 0.719. The summed E-state index contributed by atoms with van der Waals surface area (Å²) in [6.45, 7) is 2.68. The molecule has 0 atom stereocenters. The molecule has 1 aliphatic rings. The molecule has 4 heteroatoms. The van der Waals surface area contributed by atoms with E-state index in [1.165, 1.54) is 0 Å². The highest BCUT2D eigenvalue weighted by Gasteiger charge is 2.23. The second-order valence-electron chi connectivity index (χ2n) is 3.22. The summed E-state index contributed by atoms with van der Waals surface area (Å²) < 4.78 is 0.800. The first-order valence-corrected chi connectivity index (χ1v) is 5.25. The maximum atomic E-state index is 11.4. The number of rotatable bonds is 1. The fourth-order valence-corrected chi connectivity index (χ4v) is 1.98. The molecule has 2 heterocycles. The van der Waals surface area contributed by atoms with Gasteiger partial charge in [0, 0.05) is 6.54 Å². The fraction of sp³-hybridized carbons (Fsp3) is 0.300. The van der Waals surface area contributed by atoms with E-state index in [1.807, 2.05) is 19.1 Å². The lowest BCUT2D eigenvalue weighted by molar-refractivity contribution is -0.114. The van der Waals surface area contributed by atoms with Crippen molar-refractivity contribution in [1.29, 1.82) is 0 Å². The van der Waals surface area contributed by atoms with Crippen molar-refractivity contribution in [2.24, 2.45) is 0 Å². The lowest BCUT2D eigenvalue weighted by Gasteiger charge is -2.17. The third-order valence-electron chi connectivity index (χ3n) is 2.25. The van der Waals surface area contributed by atoms with E-state index in [0.29, 0.717) is 0 Å². The molecule has 0 aliphatic carbocycles. The monoisotopic (exact) mass is 253 g/mol. The number of nitrogens with zero attached hydrogens (tertiary/aromatic N) is 2. The normalized spacial score (nSPS) is 16.4. The molecule has 0 unspecified atom stereocenters. The molecule has 1 radical (unpaired) electrons. The highest BCUT2D eigenvalue weighted by molar-refractivity contribution is 9.10. The summed E-state index contributed by atoms with van der Waals surface area (Å²) in [6, 6.07) is 3.78. The Balaban J connectivity index is 2.36. The van der Waals surface area contributed by atoms with Crippen molar-refractivity contribution < 1.29 is 4.79 Å². The van der Waals surface area contributed by atoms with Crippen LogP contribution in [0, 0.1) is 13.3 Å². The lowest BCUT2D eigenvalue weighted by atomic mass is 10.3. The van der Waals surface area contributed by atoms with Gasteiger partial charge in [-0.15, -0.1) is 0 Å². The van der Waals surface area contributed by atoms with Crippen LogP contribution in [0.4, 0.5) is 5.69 Å². The summed E-state index contributed by atoms with van der Waals surface area (Å²) in [5, 5.41) is 0. The number of carbonyl (C=O) groups excluding carboxylic acids is 1. The van der Waals surface area contributed by atoms with Crippen LogP contribution in [0.2, 0.25) is 0 Å². The molecule has 2 rings (SSSR count). The largest absolute Gasteiger partial charge is 0.310 e. The second-order valence-corrected chi connectivity index (χ2v) is 4.03. The van der Waals surface area contributed by atoms with E-state index in [0.717, 1.165) is 29.0 Å². The molecular weight excluding hydrogens is 244 g/mol. The molecule has 0 N–H and O–H groups in total. The van der Waals surface area contributed by atoms with Gasteiger partial charge in [0.1, 0.15) is 4.60 Å². The van der Waals surface area contributed by atoms with E-state index in [9.17, 15) is 4.79 Å². The first kappa shape index (κ1) is 9.65. The molecule has 3 nitrogen and oxygen atoms in total. The summed E-state index contributed by atoms with van der Waals surface area (Å²) in [5.74, 6) is 0.0808. The Labute approximate surface area is 91.3 Å². The number of anilines is 1. The Bertz CT molecular complexity index is 378. The first-order chi connectivity index (χ1) is 6.68. The van der Waals surface area contributed by atoms with E-state index >= 15 is 0 Å². The number of amides is 1. The number of carbonyl (C=O) groups is 1. The van der Waals surface area contributed by atoms with Crippen LogP contribution in [0.3, 0.4) is 0 Å². The molecular formula is C10H10BrN2O. The third-order valence-corrected chi connectivity index (χ3v) is 2.69. The predicted octanol–water partition coefficient (Wildman–Crippen LogP) is 2.09. The van der Waals surface area contributed by atoms with Gasteiger partial charge in [-0.1, -0.05) is 0 Å². The van der Waals surface area contributed by atoms with Crippen molar-refractivity contribution in [2.45, 2.75) is 13.3 Å². The van der Waals surface area contributed by atoms with Crippen LogP contribution in [0.15, 0.2) is 16.7 Å². The Morgan fingerprint density at radius 3 is 2.86 bits per heavy atom. The Morgan fingerprint density at radius 1 is 1.50 bits per heavy atom. The van der Waals surface area contributed by atoms with Crippen LogP contribution in [-0.4, -0.2) is 17.4 Å². The third kappa shape index (κ3) is 1.66. The van der Waals surface area contributed by atoms with Crippen LogP contribution in [0.25, 0.3) is 0 Å². The van der Waals surface area contributed by atoms with Gasteiger partial charge in [0.05, 0.1) is 17.8 Å². The standard InChI is InChI=1S/C10H10BrN2O/c1-7-8(4-5-9(11)12-7)13-6-2-3-10(13)14/h3-5H,2,6H2,1H3. The minimum absolute atomic E-state index is 0.0808. The maximum Gasteiger partial charge on any atom is 0.231 e. The lowest BCUT2D eigenvalue weighted by Crippen LogP contribution is -2.24. The summed E-state index contributed by atoms with van der Waals surface area (Å²) in [6.07, 6.45) is 2.54. The van der Waals surface area contributed by atoms with Gasteiger partial charge >= 0.3 is 0 Å². The van der Waals surface area contributed by atoms with Crippen LogP contribution in [0.1, 0.15) is 12.1 Å². The topological polar surface area (TPSA) is 33.2 Å². The molecule has 14 heavy (non-hydrogen) atoms. The summed E-state index contributed by atoms with van der Waals surface area (Å²) >= 11 is 3.30. The van der Waals surface area contributed by atoms with Crippen molar-refractivity contribution in [3.8, 4) is 0 Å². The van der Waals surface area contributed by atoms with E-state index in [1.54, 1.807) is 11.3 Å². The van der Waals surface area contributed by atoms with Crippen LogP contribution in [0.5, 0.6) is 0 Å². The van der Waals surface area contributed by atoms with E-state index in [-0.39, 0.29) is 5.91 Å². The van der Waals surface area contributed by atoms with Crippen LogP contribution < -0.4 is 4.90 Å². The van der Waals surface area contributed by atoms with E-state index in [2.05, 4.69) is 20.9 Å². The van der Waals surface area contributed by atoms with Gasteiger partial charge in [-0.3, -0.25) is 4.79 Å².